The summed E-state index contributed by atoms with van der Waals surface area (Å²) in [7, 11) is 0. The molecule has 0 saturated heterocycles. The maximum atomic E-state index is 5.53. The van der Waals surface area contributed by atoms with Crippen LogP contribution in [-0.4, -0.2) is 9.97 Å². The molecule has 0 bridgehead atoms. The van der Waals surface area contributed by atoms with Gasteiger partial charge in [0.1, 0.15) is 4.99 Å². The van der Waals surface area contributed by atoms with Crippen molar-refractivity contribution >= 4 is 22.9 Å². The summed E-state index contributed by atoms with van der Waals surface area (Å²) in [4.78, 5) is 4.65. The number of rotatable bonds is 4. The van der Waals surface area contributed by atoms with Crippen molar-refractivity contribution in [1.82, 2.24) is 4.98 Å². The molecule has 0 radical (unpaired) electrons. The standard InChI is InChI=1S/C13H13N3S/c14-13(17)10-4-6-11(7-5-10)16-9-12-3-1-2-8-15-12/h1-8,16H,9H2,(H2,14,17). The van der Waals surface area contributed by atoms with Gasteiger partial charge in [-0.25, -0.2) is 0 Å². The molecule has 17 heavy (non-hydrogen) atoms. The van der Waals surface area contributed by atoms with Crippen LogP contribution in [0.1, 0.15) is 11.3 Å². The lowest BCUT2D eigenvalue weighted by atomic mass is 10.2. The van der Waals surface area contributed by atoms with E-state index in [0.29, 0.717) is 11.5 Å². The monoisotopic (exact) mass is 243 g/mol. The topological polar surface area (TPSA) is 50.9 Å². The lowest BCUT2D eigenvalue weighted by molar-refractivity contribution is 1.05. The van der Waals surface area contributed by atoms with E-state index in [1.165, 1.54) is 0 Å². The van der Waals surface area contributed by atoms with Gasteiger partial charge in [0.2, 0.25) is 0 Å². The zero-order valence-electron chi connectivity index (χ0n) is 9.26. The predicted octanol–water partition coefficient (Wildman–Crippen LogP) is 2.33. The molecule has 0 unspecified atom stereocenters. The lowest BCUT2D eigenvalue weighted by Crippen LogP contribution is -2.09. The average molecular weight is 243 g/mol. The van der Waals surface area contributed by atoms with E-state index < -0.39 is 0 Å². The summed E-state index contributed by atoms with van der Waals surface area (Å²) in [6.45, 7) is 0.702. The Labute approximate surface area is 106 Å². The average Bonchev–Trinajstić information content (AvgIpc) is 2.38. The molecule has 0 aliphatic carbocycles. The number of anilines is 1. The molecular formula is C13H13N3S. The van der Waals surface area contributed by atoms with Crippen molar-refractivity contribution in [2.45, 2.75) is 6.54 Å². The van der Waals surface area contributed by atoms with Crippen LogP contribution in [0.4, 0.5) is 5.69 Å². The molecule has 3 nitrogen and oxygen atoms in total. The minimum Gasteiger partial charge on any atom is -0.389 e. The van der Waals surface area contributed by atoms with Crippen LogP contribution in [0.5, 0.6) is 0 Å². The third kappa shape index (κ3) is 3.26. The van der Waals surface area contributed by atoms with Crippen LogP contribution in [0, 0.1) is 0 Å². The van der Waals surface area contributed by atoms with Crippen molar-refractivity contribution in [3.8, 4) is 0 Å². The Kier molecular flexibility index (Phi) is 3.67. The fourth-order valence-electron chi connectivity index (χ4n) is 1.45. The van der Waals surface area contributed by atoms with Gasteiger partial charge in [0.25, 0.3) is 0 Å². The number of nitrogens with two attached hydrogens (primary N) is 1. The van der Waals surface area contributed by atoms with Gasteiger partial charge in [-0.3, -0.25) is 4.98 Å². The van der Waals surface area contributed by atoms with Crippen LogP contribution in [0.2, 0.25) is 0 Å². The maximum absolute atomic E-state index is 5.53. The number of pyridine rings is 1. The number of nitrogens with one attached hydrogen (secondary N) is 1. The molecule has 86 valence electrons. The highest BCUT2D eigenvalue weighted by Crippen LogP contribution is 2.10. The first-order chi connectivity index (χ1) is 8.25. The molecule has 2 rings (SSSR count). The minimum absolute atomic E-state index is 0.418. The summed E-state index contributed by atoms with van der Waals surface area (Å²) in [5.41, 5.74) is 8.44. The lowest BCUT2D eigenvalue weighted by Gasteiger charge is -2.06. The highest BCUT2D eigenvalue weighted by atomic mass is 32.1. The Morgan fingerprint density at radius 3 is 2.53 bits per heavy atom. The highest BCUT2D eigenvalue weighted by Gasteiger charge is 1.97. The van der Waals surface area contributed by atoms with E-state index in [-0.39, 0.29) is 0 Å². The van der Waals surface area contributed by atoms with Crippen molar-refractivity contribution in [3.05, 3.63) is 59.9 Å². The maximum Gasteiger partial charge on any atom is 0.103 e. The third-order valence-electron chi connectivity index (χ3n) is 2.37. The first-order valence-electron chi connectivity index (χ1n) is 5.29. The number of benzene rings is 1. The Morgan fingerprint density at radius 2 is 1.94 bits per heavy atom. The quantitative estimate of drug-likeness (QED) is 0.809. The minimum atomic E-state index is 0.418. The van der Waals surface area contributed by atoms with Crippen molar-refractivity contribution < 1.29 is 0 Å². The second-order valence-corrected chi connectivity index (χ2v) is 4.06. The van der Waals surface area contributed by atoms with Crippen LogP contribution in [0.3, 0.4) is 0 Å². The van der Waals surface area contributed by atoms with Gasteiger partial charge in [-0.15, -0.1) is 0 Å². The molecule has 4 heteroatoms. The van der Waals surface area contributed by atoms with E-state index in [9.17, 15) is 0 Å². The fourth-order valence-corrected chi connectivity index (χ4v) is 1.58. The van der Waals surface area contributed by atoms with Gasteiger partial charge in [0, 0.05) is 17.4 Å². The molecule has 2 aromatic rings. The van der Waals surface area contributed by atoms with Gasteiger partial charge < -0.3 is 11.1 Å². The summed E-state index contributed by atoms with van der Waals surface area (Å²) in [6, 6.07) is 13.6. The fraction of sp³-hybridized carbons (Fsp3) is 0.0769. The largest absolute Gasteiger partial charge is 0.389 e. The van der Waals surface area contributed by atoms with Crippen LogP contribution in [-0.2, 0) is 6.54 Å². The number of aromatic nitrogens is 1. The zero-order chi connectivity index (χ0) is 12.1. The van der Waals surface area contributed by atoms with Gasteiger partial charge in [0.15, 0.2) is 0 Å². The summed E-state index contributed by atoms with van der Waals surface area (Å²) in [6.07, 6.45) is 1.78. The molecule has 3 N–H and O–H groups in total. The van der Waals surface area contributed by atoms with Gasteiger partial charge in [-0.2, -0.15) is 0 Å². The van der Waals surface area contributed by atoms with Crippen LogP contribution >= 0.6 is 12.2 Å². The molecule has 0 saturated carbocycles. The normalized spacial score (nSPS) is 9.88. The molecule has 0 fully saturated rings. The van der Waals surface area contributed by atoms with Gasteiger partial charge >= 0.3 is 0 Å². The molecule has 0 atom stereocenters. The molecule has 1 aromatic heterocycles. The highest BCUT2D eigenvalue weighted by molar-refractivity contribution is 7.80. The SMILES string of the molecule is NC(=S)c1ccc(NCc2ccccn2)cc1. The van der Waals surface area contributed by atoms with Crippen LogP contribution < -0.4 is 11.1 Å². The Balaban J connectivity index is 1.98. The third-order valence-corrected chi connectivity index (χ3v) is 2.60. The molecular weight excluding hydrogens is 230 g/mol. The predicted molar refractivity (Wildman–Crippen MR) is 73.9 cm³/mol. The van der Waals surface area contributed by atoms with Gasteiger partial charge in [-0.1, -0.05) is 18.3 Å². The second-order valence-electron chi connectivity index (χ2n) is 3.62. The van der Waals surface area contributed by atoms with Crippen molar-refractivity contribution in [2.75, 3.05) is 5.32 Å². The Morgan fingerprint density at radius 1 is 1.18 bits per heavy atom. The smallest absolute Gasteiger partial charge is 0.103 e. The Hall–Kier alpha value is -1.94. The summed E-state index contributed by atoms with van der Waals surface area (Å²) in [5.74, 6) is 0. The first-order valence-corrected chi connectivity index (χ1v) is 5.70. The van der Waals surface area contributed by atoms with E-state index in [1.807, 2.05) is 42.5 Å². The zero-order valence-corrected chi connectivity index (χ0v) is 10.1. The second kappa shape index (κ2) is 5.41. The molecule has 0 aliphatic rings. The van der Waals surface area contributed by atoms with Crippen molar-refractivity contribution in [1.29, 1.82) is 0 Å². The van der Waals surface area contributed by atoms with E-state index in [4.69, 9.17) is 18.0 Å². The number of thiocarbonyl (C=S) groups is 1. The first kappa shape index (κ1) is 11.5. The summed E-state index contributed by atoms with van der Waals surface area (Å²) in [5, 5.41) is 3.28. The molecule has 1 heterocycles. The van der Waals surface area contributed by atoms with E-state index in [1.54, 1.807) is 6.20 Å². The number of hydrogen-bond acceptors (Lipinski definition) is 3. The molecule has 0 spiro atoms. The van der Waals surface area contributed by atoms with Crippen molar-refractivity contribution in [3.63, 3.8) is 0 Å². The summed E-state index contributed by atoms with van der Waals surface area (Å²) < 4.78 is 0. The molecule has 1 aromatic carbocycles. The number of nitrogens with zero attached hydrogens (tertiary/aromatic N) is 1. The van der Waals surface area contributed by atoms with E-state index in [2.05, 4.69) is 10.3 Å². The summed E-state index contributed by atoms with van der Waals surface area (Å²) >= 11 is 4.89. The van der Waals surface area contributed by atoms with Gasteiger partial charge in [0.05, 0.1) is 12.2 Å². The number of hydrogen-bond donors (Lipinski definition) is 2. The van der Waals surface area contributed by atoms with Crippen molar-refractivity contribution in [2.24, 2.45) is 5.73 Å². The Bertz CT molecular complexity index is 494. The van der Waals surface area contributed by atoms with E-state index in [0.717, 1.165) is 16.9 Å². The van der Waals surface area contributed by atoms with Gasteiger partial charge in [-0.05, 0) is 36.4 Å². The van der Waals surface area contributed by atoms with E-state index >= 15 is 0 Å². The molecule has 0 amide bonds. The molecule has 0 aliphatic heterocycles. The van der Waals surface area contributed by atoms with Crippen LogP contribution in [0.15, 0.2) is 48.7 Å². The van der Waals surface area contributed by atoms with Crippen LogP contribution in [0.25, 0.3) is 0 Å².